The van der Waals surface area contributed by atoms with E-state index in [1.807, 2.05) is 0 Å². The van der Waals surface area contributed by atoms with Gasteiger partial charge in [-0.05, 0) is 37.0 Å². The molecule has 7 nitrogen and oxygen atoms in total. The molecule has 4 rings (SSSR count). The van der Waals surface area contributed by atoms with Crippen LogP contribution in [0.2, 0.25) is 0 Å². The van der Waals surface area contributed by atoms with Crippen molar-refractivity contribution in [2.45, 2.75) is 17.7 Å². The predicted molar refractivity (Wildman–Crippen MR) is 105 cm³/mol. The fraction of sp³-hybridized carbons (Fsp3) is 0.579. The number of nitrogens with zero attached hydrogens (tertiary/aromatic N) is 4. The molecule has 0 spiro atoms. The van der Waals surface area contributed by atoms with Crippen LogP contribution in [-0.4, -0.2) is 75.5 Å². The predicted octanol–water partition coefficient (Wildman–Crippen LogP) is 1.58. The van der Waals surface area contributed by atoms with Crippen LogP contribution in [0.25, 0.3) is 10.9 Å². The van der Waals surface area contributed by atoms with E-state index in [9.17, 15) is 8.42 Å². The zero-order valence-electron chi connectivity index (χ0n) is 15.7. The van der Waals surface area contributed by atoms with Crippen molar-refractivity contribution < 1.29 is 13.2 Å². The van der Waals surface area contributed by atoms with Crippen molar-refractivity contribution in [2.24, 2.45) is 5.92 Å². The van der Waals surface area contributed by atoms with Crippen molar-refractivity contribution >= 4 is 26.6 Å². The highest BCUT2D eigenvalue weighted by Crippen LogP contribution is 2.29. The van der Waals surface area contributed by atoms with Crippen LogP contribution in [0.15, 0.2) is 29.4 Å². The molecular weight excluding hydrogens is 364 g/mol. The van der Waals surface area contributed by atoms with Crippen LogP contribution < -0.4 is 4.90 Å². The second-order valence-corrected chi connectivity index (χ2v) is 9.51. The molecule has 8 heteroatoms. The molecule has 2 saturated heterocycles. The first-order chi connectivity index (χ1) is 13.0. The summed E-state index contributed by atoms with van der Waals surface area (Å²) in [6.07, 6.45) is 5.04. The maximum atomic E-state index is 11.9. The van der Waals surface area contributed by atoms with Crippen LogP contribution in [0.5, 0.6) is 0 Å². The molecule has 1 aromatic carbocycles. The van der Waals surface area contributed by atoms with Gasteiger partial charge in [-0.15, -0.1) is 0 Å². The Hall–Kier alpha value is -1.77. The summed E-state index contributed by atoms with van der Waals surface area (Å²) in [7, 11) is -3.26. The maximum absolute atomic E-state index is 11.9. The quantitative estimate of drug-likeness (QED) is 0.784. The zero-order chi connectivity index (χ0) is 18.9. The molecule has 146 valence electrons. The topological polar surface area (TPSA) is 75.6 Å². The molecule has 0 bridgehead atoms. The Labute approximate surface area is 160 Å². The highest BCUT2D eigenvalue weighted by molar-refractivity contribution is 7.90. The summed E-state index contributed by atoms with van der Waals surface area (Å²) in [5, 5.41) is 0.812. The van der Waals surface area contributed by atoms with Gasteiger partial charge in [0.2, 0.25) is 0 Å². The molecule has 0 saturated carbocycles. The lowest BCUT2D eigenvalue weighted by molar-refractivity contribution is 0.0289. The smallest absolute Gasteiger partial charge is 0.175 e. The van der Waals surface area contributed by atoms with Gasteiger partial charge >= 0.3 is 0 Å². The highest BCUT2D eigenvalue weighted by Gasteiger charge is 2.24. The molecule has 0 amide bonds. The van der Waals surface area contributed by atoms with E-state index in [2.05, 4.69) is 19.8 Å². The van der Waals surface area contributed by atoms with E-state index in [0.717, 1.165) is 75.5 Å². The van der Waals surface area contributed by atoms with Gasteiger partial charge in [0, 0.05) is 44.4 Å². The van der Waals surface area contributed by atoms with Crippen molar-refractivity contribution in [1.29, 1.82) is 0 Å². The number of anilines is 1. The summed E-state index contributed by atoms with van der Waals surface area (Å²) in [4.78, 5) is 13.9. The summed E-state index contributed by atoms with van der Waals surface area (Å²) in [6.45, 7) is 6.76. The monoisotopic (exact) mass is 390 g/mol. The fourth-order valence-electron chi connectivity index (χ4n) is 3.98. The molecule has 27 heavy (non-hydrogen) atoms. The van der Waals surface area contributed by atoms with Gasteiger partial charge in [0.15, 0.2) is 9.84 Å². The van der Waals surface area contributed by atoms with Crippen LogP contribution in [0, 0.1) is 5.92 Å². The first-order valence-corrected chi connectivity index (χ1v) is 11.4. The van der Waals surface area contributed by atoms with E-state index < -0.39 is 9.84 Å². The maximum Gasteiger partial charge on any atom is 0.175 e. The minimum atomic E-state index is -3.26. The van der Waals surface area contributed by atoms with Crippen LogP contribution in [0.3, 0.4) is 0 Å². The van der Waals surface area contributed by atoms with Gasteiger partial charge < -0.3 is 9.64 Å². The lowest BCUT2D eigenvalue weighted by Crippen LogP contribution is -2.43. The molecular formula is C19H26N4O3S. The molecule has 2 aromatic rings. The summed E-state index contributed by atoms with van der Waals surface area (Å²) < 4.78 is 29.3. The minimum absolute atomic E-state index is 0.313. The molecule has 0 radical (unpaired) electrons. The van der Waals surface area contributed by atoms with E-state index >= 15 is 0 Å². The van der Waals surface area contributed by atoms with Crippen molar-refractivity contribution in [1.82, 2.24) is 14.9 Å². The number of hydrogen-bond acceptors (Lipinski definition) is 7. The molecule has 0 atom stereocenters. The second kappa shape index (κ2) is 7.69. The number of piperidine rings is 1. The molecule has 0 N–H and O–H groups in total. The van der Waals surface area contributed by atoms with E-state index in [1.165, 1.54) is 6.26 Å². The van der Waals surface area contributed by atoms with Crippen LogP contribution in [0.4, 0.5) is 5.82 Å². The number of sulfone groups is 1. The number of morpholine rings is 1. The van der Waals surface area contributed by atoms with Crippen LogP contribution in [-0.2, 0) is 14.6 Å². The van der Waals surface area contributed by atoms with E-state index in [1.54, 1.807) is 24.5 Å². The molecule has 2 fully saturated rings. The van der Waals surface area contributed by atoms with Gasteiger partial charge in [0.25, 0.3) is 0 Å². The molecule has 2 aliphatic heterocycles. The second-order valence-electron chi connectivity index (χ2n) is 7.49. The molecule has 0 aliphatic carbocycles. The van der Waals surface area contributed by atoms with Crippen molar-refractivity contribution in [2.75, 3.05) is 57.1 Å². The number of rotatable bonds is 4. The Kier molecular flexibility index (Phi) is 5.29. The summed E-state index contributed by atoms with van der Waals surface area (Å²) >= 11 is 0. The van der Waals surface area contributed by atoms with Crippen molar-refractivity contribution in [3.63, 3.8) is 0 Å². The lowest BCUT2D eigenvalue weighted by atomic mass is 9.96. The van der Waals surface area contributed by atoms with Crippen molar-refractivity contribution in [3.05, 3.63) is 24.5 Å². The molecule has 3 heterocycles. The average molecular weight is 391 g/mol. The third-order valence-electron chi connectivity index (χ3n) is 5.55. The van der Waals surface area contributed by atoms with Gasteiger partial charge in [-0.25, -0.2) is 18.4 Å². The first kappa shape index (κ1) is 18.6. The third-order valence-corrected chi connectivity index (χ3v) is 6.66. The number of aromatic nitrogens is 2. The van der Waals surface area contributed by atoms with Crippen LogP contribution >= 0.6 is 0 Å². The average Bonchev–Trinajstić information content (AvgIpc) is 2.68. The largest absolute Gasteiger partial charge is 0.379 e. The first-order valence-electron chi connectivity index (χ1n) is 9.50. The van der Waals surface area contributed by atoms with Gasteiger partial charge in [-0.2, -0.15) is 0 Å². The number of fused-ring (bicyclic) bond motifs is 1. The lowest BCUT2D eigenvalue weighted by Gasteiger charge is -2.36. The normalized spacial score (nSPS) is 20.3. The number of hydrogen-bond donors (Lipinski definition) is 0. The highest BCUT2D eigenvalue weighted by atomic mass is 32.2. The summed E-state index contributed by atoms with van der Waals surface area (Å²) in [5.74, 6) is 1.54. The Bertz CT molecular complexity index is 904. The van der Waals surface area contributed by atoms with Gasteiger partial charge in [0.1, 0.15) is 12.1 Å². The van der Waals surface area contributed by atoms with Gasteiger partial charge in [-0.1, -0.05) is 0 Å². The summed E-state index contributed by atoms with van der Waals surface area (Å²) in [6, 6.07) is 5.09. The molecule has 0 unspecified atom stereocenters. The molecule has 2 aliphatic rings. The number of benzene rings is 1. The van der Waals surface area contributed by atoms with Gasteiger partial charge in [-0.3, -0.25) is 4.90 Å². The SMILES string of the molecule is CS(=O)(=O)c1ccc2ncnc(N3CCC(CN4CCOCC4)CC3)c2c1. The Morgan fingerprint density at radius 3 is 2.56 bits per heavy atom. The summed E-state index contributed by atoms with van der Waals surface area (Å²) in [5.41, 5.74) is 0.780. The minimum Gasteiger partial charge on any atom is -0.379 e. The standard InChI is InChI=1S/C19H26N4O3S/c1-27(24,25)16-2-3-18-17(12-16)19(21-14-20-18)23-6-4-15(5-7-23)13-22-8-10-26-11-9-22/h2-3,12,14-15H,4-11,13H2,1H3. The third kappa shape index (κ3) is 4.23. The molecule has 1 aromatic heterocycles. The van der Waals surface area contributed by atoms with E-state index in [0.29, 0.717) is 10.8 Å². The van der Waals surface area contributed by atoms with E-state index in [4.69, 9.17) is 4.74 Å². The Morgan fingerprint density at radius 2 is 1.85 bits per heavy atom. The number of ether oxygens (including phenoxy) is 1. The fourth-order valence-corrected chi connectivity index (χ4v) is 4.63. The van der Waals surface area contributed by atoms with Crippen molar-refractivity contribution in [3.8, 4) is 0 Å². The van der Waals surface area contributed by atoms with E-state index in [-0.39, 0.29) is 0 Å². The zero-order valence-corrected chi connectivity index (χ0v) is 16.5. The van der Waals surface area contributed by atoms with Gasteiger partial charge in [0.05, 0.1) is 23.6 Å². The Balaban J connectivity index is 1.50. The van der Waals surface area contributed by atoms with Crippen LogP contribution in [0.1, 0.15) is 12.8 Å². The Morgan fingerprint density at radius 1 is 1.11 bits per heavy atom.